The summed E-state index contributed by atoms with van der Waals surface area (Å²) < 4.78 is 6.65. The van der Waals surface area contributed by atoms with Gasteiger partial charge in [-0.15, -0.1) is 0 Å². The number of benzene rings is 1. The lowest BCUT2D eigenvalue weighted by molar-refractivity contribution is 0.526. The van der Waals surface area contributed by atoms with Gasteiger partial charge in [-0.1, -0.05) is 18.2 Å². The normalized spacial score (nSPS) is 12.5. The number of halogens is 1. The molecule has 2 heterocycles. The molecule has 0 aliphatic rings. The third kappa shape index (κ3) is 2.49. The van der Waals surface area contributed by atoms with Crippen LogP contribution in [0.3, 0.4) is 0 Å². The molecule has 3 rings (SSSR count). The van der Waals surface area contributed by atoms with Crippen molar-refractivity contribution in [2.75, 3.05) is 5.32 Å². The van der Waals surface area contributed by atoms with E-state index in [1.165, 1.54) is 0 Å². The summed E-state index contributed by atoms with van der Waals surface area (Å²) in [5, 5.41) is 4.51. The number of para-hydroxylation sites is 1. The smallest absolute Gasteiger partial charge is 0.134 e. The van der Waals surface area contributed by atoms with E-state index in [0.717, 1.165) is 27.0 Å². The molecule has 0 saturated heterocycles. The second-order valence-corrected chi connectivity index (χ2v) is 5.15. The molecule has 1 atom stereocenters. The summed E-state index contributed by atoms with van der Waals surface area (Å²) >= 11 is 3.43. The summed E-state index contributed by atoms with van der Waals surface area (Å²) in [5.74, 6) is 0.914. The van der Waals surface area contributed by atoms with Crippen LogP contribution < -0.4 is 5.32 Å². The van der Waals surface area contributed by atoms with Crippen molar-refractivity contribution in [3.05, 3.63) is 59.0 Å². The first-order chi connectivity index (χ1) is 9.24. The Balaban J connectivity index is 1.87. The molecule has 1 N–H and O–H groups in total. The third-order valence-electron chi connectivity index (χ3n) is 3.00. The molecule has 19 heavy (non-hydrogen) atoms. The fraction of sp³-hybridized carbons (Fsp3) is 0.133. The molecule has 3 nitrogen and oxygen atoms in total. The largest absolute Gasteiger partial charge is 0.459 e. The molecule has 2 aromatic heterocycles. The zero-order chi connectivity index (χ0) is 13.2. The van der Waals surface area contributed by atoms with E-state index < -0.39 is 0 Å². The van der Waals surface area contributed by atoms with Gasteiger partial charge in [-0.3, -0.25) is 0 Å². The van der Waals surface area contributed by atoms with Gasteiger partial charge in [0.15, 0.2) is 0 Å². The zero-order valence-corrected chi connectivity index (χ0v) is 12.0. The minimum absolute atomic E-state index is 0.0768. The predicted octanol–water partition coefficient (Wildman–Crippen LogP) is 4.76. The monoisotopic (exact) mass is 316 g/mol. The SMILES string of the molecule is CC(Nc1cccnc1Br)c1cc2ccccc2o1. The molecule has 1 aromatic carbocycles. The number of fused-ring (bicyclic) bond motifs is 1. The van der Waals surface area contributed by atoms with Crippen LogP contribution in [0.2, 0.25) is 0 Å². The Bertz CT molecular complexity index is 675. The lowest BCUT2D eigenvalue weighted by atomic mass is 10.2. The molecule has 0 spiro atoms. The van der Waals surface area contributed by atoms with E-state index in [2.05, 4.69) is 45.3 Å². The lowest BCUT2D eigenvalue weighted by Gasteiger charge is -2.13. The molecule has 0 bridgehead atoms. The van der Waals surface area contributed by atoms with Crippen molar-refractivity contribution in [2.45, 2.75) is 13.0 Å². The van der Waals surface area contributed by atoms with Gasteiger partial charge in [-0.25, -0.2) is 4.98 Å². The van der Waals surface area contributed by atoms with Crippen LogP contribution >= 0.6 is 15.9 Å². The summed E-state index contributed by atoms with van der Waals surface area (Å²) in [6, 6.07) is 14.0. The van der Waals surface area contributed by atoms with E-state index in [4.69, 9.17) is 4.42 Å². The van der Waals surface area contributed by atoms with Gasteiger partial charge in [0.05, 0.1) is 11.7 Å². The molecule has 0 aliphatic carbocycles. The van der Waals surface area contributed by atoms with E-state index in [9.17, 15) is 0 Å². The molecule has 1 unspecified atom stereocenters. The first-order valence-corrected chi connectivity index (χ1v) is 6.89. The van der Waals surface area contributed by atoms with E-state index in [1.807, 2.05) is 30.3 Å². The zero-order valence-electron chi connectivity index (χ0n) is 10.4. The van der Waals surface area contributed by atoms with Crippen LogP contribution in [-0.4, -0.2) is 4.98 Å². The van der Waals surface area contributed by atoms with Crippen LogP contribution in [0.5, 0.6) is 0 Å². The second-order valence-electron chi connectivity index (χ2n) is 4.39. The Labute approximate surface area is 119 Å². The fourth-order valence-corrected chi connectivity index (χ4v) is 2.38. The standard InChI is InChI=1S/C15H13BrN2O/c1-10(18-12-6-4-8-17-15(12)16)14-9-11-5-2-3-7-13(11)19-14/h2-10,18H,1H3. The average Bonchev–Trinajstić information content (AvgIpc) is 2.85. The second kappa shape index (κ2) is 5.05. The predicted molar refractivity (Wildman–Crippen MR) is 80.2 cm³/mol. The van der Waals surface area contributed by atoms with E-state index in [0.29, 0.717) is 0 Å². The number of rotatable bonds is 3. The van der Waals surface area contributed by atoms with Gasteiger partial charge < -0.3 is 9.73 Å². The first kappa shape index (κ1) is 12.2. The number of pyridine rings is 1. The lowest BCUT2D eigenvalue weighted by Crippen LogP contribution is -2.06. The summed E-state index contributed by atoms with van der Waals surface area (Å²) in [4.78, 5) is 4.19. The van der Waals surface area contributed by atoms with Crippen LogP contribution in [0.4, 0.5) is 5.69 Å². The third-order valence-corrected chi connectivity index (χ3v) is 3.63. The maximum atomic E-state index is 5.84. The van der Waals surface area contributed by atoms with E-state index in [-0.39, 0.29) is 6.04 Å². The average molecular weight is 317 g/mol. The van der Waals surface area contributed by atoms with Gasteiger partial charge in [-0.2, -0.15) is 0 Å². The van der Waals surface area contributed by atoms with Gasteiger partial charge in [0.1, 0.15) is 15.9 Å². The maximum absolute atomic E-state index is 5.84. The highest BCUT2D eigenvalue weighted by molar-refractivity contribution is 9.10. The first-order valence-electron chi connectivity index (χ1n) is 6.09. The Hall–Kier alpha value is -1.81. The van der Waals surface area contributed by atoms with Crippen LogP contribution in [0, 0.1) is 0 Å². The van der Waals surface area contributed by atoms with Crippen LogP contribution in [-0.2, 0) is 0 Å². The van der Waals surface area contributed by atoms with Crippen molar-refractivity contribution in [3.63, 3.8) is 0 Å². The van der Waals surface area contributed by atoms with Crippen molar-refractivity contribution in [1.82, 2.24) is 4.98 Å². The Morgan fingerprint density at radius 2 is 2.05 bits per heavy atom. The van der Waals surface area contributed by atoms with Gasteiger partial charge >= 0.3 is 0 Å². The van der Waals surface area contributed by atoms with Gasteiger partial charge in [0.2, 0.25) is 0 Å². The van der Waals surface area contributed by atoms with Crippen molar-refractivity contribution in [2.24, 2.45) is 0 Å². The molecule has 0 amide bonds. The highest BCUT2D eigenvalue weighted by Crippen LogP contribution is 2.28. The minimum atomic E-state index is 0.0768. The summed E-state index contributed by atoms with van der Waals surface area (Å²) in [5.41, 5.74) is 1.87. The molecule has 0 aliphatic heterocycles. The number of furan rings is 1. The van der Waals surface area contributed by atoms with Gasteiger partial charge in [0.25, 0.3) is 0 Å². The molecule has 0 radical (unpaired) electrons. The van der Waals surface area contributed by atoms with Crippen LogP contribution in [0.15, 0.2) is 57.7 Å². The van der Waals surface area contributed by atoms with Crippen LogP contribution in [0.25, 0.3) is 11.0 Å². The molecular weight excluding hydrogens is 304 g/mol. The highest BCUT2D eigenvalue weighted by Gasteiger charge is 2.12. The van der Waals surface area contributed by atoms with Crippen molar-refractivity contribution in [1.29, 1.82) is 0 Å². The van der Waals surface area contributed by atoms with E-state index >= 15 is 0 Å². The molecule has 0 fully saturated rings. The minimum Gasteiger partial charge on any atom is -0.459 e. The Kier molecular flexibility index (Phi) is 3.25. The number of hydrogen-bond acceptors (Lipinski definition) is 3. The number of hydrogen-bond donors (Lipinski definition) is 1. The number of nitrogens with one attached hydrogen (secondary N) is 1. The number of aromatic nitrogens is 1. The Morgan fingerprint density at radius 3 is 2.84 bits per heavy atom. The molecule has 0 saturated carbocycles. The Morgan fingerprint density at radius 1 is 1.21 bits per heavy atom. The molecule has 3 aromatic rings. The number of anilines is 1. The van der Waals surface area contributed by atoms with Gasteiger partial charge in [-0.05, 0) is 47.1 Å². The van der Waals surface area contributed by atoms with Crippen molar-refractivity contribution < 1.29 is 4.42 Å². The summed E-state index contributed by atoms with van der Waals surface area (Å²) in [6.45, 7) is 2.07. The highest BCUT2D eigenvalue weighted by atomic mass is 79.9. The maximum Gasteiger partial charge on any atom is 0.134 e. The van der Waals surface area contributed by atoms with Crippen molar-refractivity contribution in [3.8, 4) is 0 Å². The van der Waals surface area contributed by atoms with Gasteiger partial charge in [0, 0.05) is 11.6 Å². The topological polar surface area (TPSA) is 38.1 Å². The molecular formula is C15H13BrN2O. The fourth-order valence-electron chi connectivity index (χ4n) is 2.01. The molecule has 4 heteroatoms. The molecule has 96 valence electrons. The van der Waals surface area contributed by atoms with Crippen LogP contribution in [0.1, 0.15) is 18.7 Å². The summed E-state index contributed by atoms with van der Waals surface area (Å²) in [7, 11) is 0. The summed E-state index contributed by atoms with van der Waals surface area (Å²) in [6.07, 6.45) is 1.75. The quantitative estimate of drug-likeness (QED) is 0.708. The number of nitrogens with zero attached hydrogens (tertiary/aromatic N) is 1. The van der Waals surface area contributed by atoms with E-state index in [1.54, 1.807) is 6.20 Å². The van der Waals surface area contributed by atoms with Crippen molar-refractivity contribution >= 4 is 32.6 Å².